The molecule has 1 aliphatic heterocycles. The van der Waals surface area contributed by atoms with Gasteiger partial charge in [0.1, 0.15) is 6.04 Å². The van der Waals surface area contributed by atoms with Crippen LogP contribution in [0, 0.1) is 36.5 Å². The third-order valence-electron chi connectivity index (χ3n) is 6.93. The van der Waals surface area contributed by atoms with Crippen LogP contribution >= 0.6 is 11.6 Å². The number of nitrogens with zero attached hydrogens (tertiary/aromatic N) is 1. The Balaban J connectivity index is 1.42. The van der Waals surface area contributed by atoms with Crippen LogP contribution in [0.2, 0.25) is 5.02 Å². The molecule has 1 heterocycles. The first-order chi connectivity index (χ1) is 14.7. The van der Waals surface area contributed by atoms with Crippen LogP contribution in [0.5, 0.6) is 0 Å². The van der Waals surface area contributed by atoms with E-state index in [1.54, 1.807) is 32.0 Å². The number of carbonyl (C=O) groups excluding carboxylic acids is 4. The summed E-state index contributed by atoms with van der Waals surface area (Å²) in [6.45, 7) is 4.85. The van der Waals surface area contributed by atoms with Gasteiger partial charge in [0, 0.05) is 10.7 Å². The average Bonchev–Trinajstić information content (AvgIpc) is 3.39. The third-order valence-corrected chi connectivity index (χ3v) is 7.17. The maximum absolute atomic E-state index is 13.1. The second-order valence-corrected chi connectivity index (χ2v) is 9.67. The number of aryl methyl sites for hydroxylation is 1. The number of benzene rings is 1. The zero-order valence-electron chi connectivity index (χ0n) is 17.9. The smallest absolute Gasteiger partial charge is 0.330 e. The highest BCUT2D eigenvalue weighted by Crippen LogP contribution is 2.56. The van der Waals surface area contributed by atoms with E-state index < -0.39 is 24.5 Å². The largest absolute Gasteiger partial charge is 0.454 e. The monoisotopic (exact) mass is 446 g/mol. The van der Waals surface area contributed by atoms with Crippen molar-refractivity contribution in [3.8, 4) is 0 Å². The van der Waals surface area contributed by atoms with Crippen molar-refractivity contribution in [2.24, 2.45) is 29.6 Å². The Hall–Kier alpha value is -2.41. The molecular weight excluding hydrogens is 420 g/mol. The van der Waals surface area contributed by atoms with Crippen LogP contribution in [0.4, 0.5) is 5.69 Å². The normalized spacial score (nSPS) is 27.6. The Labute approximate surface area is 186 Å². The number of anilines is 1. The SMILES string of the molecule is Cc1ccc(Cl)cc1NC(=O)COC(=O)[C@H](C(C)C)N1C(=O)[C@@H]2[C@H]3CC[C@@H](C3)[C@@H]2C1=O. The van der Waals surface area contributed by atoms with E-state index in [0.29, 0.717) is 10.7 Å². The summed E-state index contributed by atoms with van der Waals surface area (Å²) in [6.07, 6.45) is 2.87. The highest BCUT2D eigenvalue weighted by molar-refractivity contribution is 6.31. The Morgan fingerprint density at radius 2 is 1.77 bits per heavy atom. The maximum Gasteiger partial charge on any atom is 0.330 e. The van der Waals surface area contributed by atoms with Crippen molar-refractivity contribution in [1.29, 1.82) is 0 Å². The Kier molecular flexibility index (Phi) is 5.81. The quantitative estimate of drug-likeness (QED) is 0.535. The lowest BCUT2D eigenvalue weighted by atomic mass is 9.81. The molecule has 3 fully saturated rings. The Bertz CT molecular complexity index is 918. The number of fused-ring (bicyclic) bond motifs is 5. The van der Waals surface area contributed by atoms with Gasteiger partial charge in [-0.25, -0.2) is 4.79 Å². The number of rotatable bonds is 6. The summed E-state index contributed by atoms with van der Waals surface area (Å²) < 4.78 is 5.24. The molecule has 1 saturated heterocycles. The standard InChI is InChI=1S/C23H27ClN2O5/c1-11(2)20(26-21(28)18-13-5-6-14(8-13)19(18)22(26)29)23(30)31-10-17(27)25-16-9-15(24)7-4-12(16)3/h4,7,9,11,13-14,18-20H,5-6,8,10H2,1-3H3,(H,25,27)/t13-,14-,18-,19+,20-/m0/s1. The minimum atomic E-state index is -1.02. The van der Waals surface area contributed by atoms with Crippen molar-refractivity contribution < 1.29 is 23.9 Å². The van der Waals surface area contributed by atoms with E-state index in [1.165, 1.54) is 0 Å². The van der Waals surface area contributed by atoms with Gasteiger partial charge in [0.25, 0.3) is 5.91 Å². The van der Waals surface area contributed by atoms with Crippen LogP contribution in [-0.4, -0.2) is 41.2 Å². The predicted octanol–water partition coefficient (Wildman–Crippen LogP) is 3.19. The van der Waals surface area contributed by atoms with Crippen molar-refractivity contribution in [1.82, 2.24) is 4.90 Å². The molecule has 0 spiro atoms. The van der Waals surface area contributed by atoms with Crippen LogP contribution in [0.3, 0.4) is 0 Å². The van der Waals surface area contributed by atoms with Gasteiger partial charge in [-0.05, 0) is 61.6 Å². The fourth-order valence-electron chi connectivity index (χ4n) is 5.52. The van der Waals surface area contributed by atoms with Crippen molar-refractivity contribution in [3.05, 3.63) is 28.8 Å². The molecule has 0 aromatic heterocycles. The summed E-state index contributed by atoms with van der Waals surface area (Å²) in [5.74, 6) is -2.19. The van der Waals surface area contributed by atoms with E-state index in [0.717, 1.165) is 29.7 Å². The Morgan fingerprint density at radius 3 is 2.35 bits per heavy atom. The number of nitrogens with one attached hydrogen (secondary N) is 1. The molecular formula is C23H27ClN2O5. The van der Waals surface area contributed by atoms with E-state index in [-0.39, 0.29) is 41.4 Å². The topological polar surface area (TPSA) is 92.8 Å². The van der Waals surface area contributed by atoms with Crippen LogP contribution < -0.4 is 5.32 Å². The fraction of sp³-hybridized carbons (Fsp3) is 0.565. The molecule has 2 aliphatic carbocycles. The second kappa shape index (κ2) is 8.26. The van der Waals surface area contributed by atoms with Gasteiger partial charge in [-0.2, -0.15) is 0 Å². The minimum absolute atomic E-state index is 0.243. The maximum atomic E-state index is 13.1. The van der Waals surface area contributed by atoms with E-state index in [1.807, 2.05) is 6.92 Å². The molecule has 0 unspecified atom stereocenters. The van der Waals surface area contributed by atoms with Gasteiger partial charge in [-0.15, -0.1) is 0 Å². The minimum Gasteiger partial charge on any atom is -0.454 e. The number of esters is 1. The number of likely N-dealkylation sites (tertiary alicyclic amines) is 1. The second-order valence-electron chi connectivity index (χ2n) is 9.24. The highest BCUT2D eigenvalue weighted by atomic mass is 35.5. The summed E-state index contributed by atoms with van der Waals surface area (Å²) in [5.41, 5.74) is 1.35. The number of amides is 3. The summed E-state index contributed by atoms with van der Waals surface area (Å²) >= 11 is 5.96. The lowest BCUT2D eigenvalue weighted by Gasteiger charge is -2.28. The molecule has 1 aromatic carbocycles. The van der Waals surface area contributed by atoms with Gasteiger partial charge in [0.05, 0.1) is 11.8 Å². The number of carbonyl (C=O) groups is 4. The zero-order valence-corrected chi connectivity index (χ0v) is 18.6. The molecule has 3 amide bonds. The molecule has 3 aliphatic rings. The molecule has 2 saturated carbocycles. The van der Waals surface area contributed by atoms with Crippen LogP contribution in [0.1, 0.15) is 38.7 Å². The van der Waals surface area contributed by atoms with E-state index in [4.69, 9.17) is 16.3 Å². The number of ether oxygens (including phenoxy) is 1. The lowest BCUT2D eigenvalue weighted by molar-refractivity contribution is -0.162. The molecule has 2 bridgehead atoms. The molecule has 4 rings (SSSR count). The first-order valence-corrected chi connectivity index (χ1v) is 11.2. The molecule has 166 valence electrons. The van der Waals surface area contributed by atoms with Crippen LogP contribution in [-0.2, 0) is 23.9 Å². The predicted molar refractivity (Wildman–Crippen MR) is 114 cm³/mol. The van der Waals surface area contributed by atoms with Crippen molar-refractivity contribution in [2.45, 2.75) is 46.1 Å². The molecule has 31 heavy (non-hydrogen) atoms. The highest BCUT2D eigenvalue weighted by Gasteiger charge is 2.62. The van der Waals surface area contributed by atoms with Crippen molar-refractivity contribution in [3.63, 3.8) is 0 Å². The van der Waals surface area contributed by atoms with Gasteiger partial charge in [0.15, 0.2) is 6.61 Å². The average molecular weight is 447 g/mol. The van der Waals surface area contributed by atoms with Crippen LogP contribution in [0.15, 0.2) is 18.2 Å². The first-order valence-electron chi connectivity index (χ1n) is 10.8. The zero-order chi connectivity index (χ0) is 22.4. The molecule has 5 atom stereocenters. The fourth-order valence-corrected chi connectivity index (χ4v) is 5.69. The van der Waals surface area contributed by atoms with Gasteiger partial charge in [-0.1, -0.05) is 31.5 Å². The molecule has 8 heteroatoms. The Morgan fingerprint density at radius 1 is 1.16 bits per heavy atom. The summed E-state index contributed by atoms with van der Waals surface area (Å²) in [5, 5.41) is 3.14. The summed E-state index contributed by atoms with van der Waals surface area (Å²) in [6, 6.07) is 4.08. The molecule has 0 radical (unpaired) electrons. The van der Waals surface area contributed by atoms with Crippen molar-refractivity contribution in [2.75, 3.05) is 11.9 Å². The third kappa shape index (κ3) is 3.84. The first kappa shape index (κ1) is 21.8. The van der Waals surface area contributed by atoms with Gasteiger partial charge in [-0.3, -0.25) is 19.3 Å². The van der Waals surface area contributed by atoms with Gasteiger partial charge in [0.2, 0.25) is 11.8 Å². The number of hydrogen-bond donors (Lipinski definition) is 1. The molecule has 1 aromatic rings. The molecule has 1 N–H and O–H groups in total. The number of imide groups is 1. The van der Waals surface area contributed by atoms with E-state index >= 15 is 0 Å². The van der Waals surface area contributed by atoms with Gasteiger partial charge < -0.3 is 10.1 Å². The van der Waals surface area contributed by atoms with E-state index in [2.05, 4.69) is 5.32 Å². The summed E-state index contributed by atoms with van der Waals surface area (Å²) in [7, 11) is 0. The lowest BCUT2D eigenvalue weighted by Crippen LogP contribution is -2.50. The number of hydrogen-bond acceptors (Lipinski definition) is 5. The van der Waals surface area contributed by atoms with E-state index in [9.17, 15) is 19.2 Å². The van der Waals surface area contributed by atoms with Crippen molar-refractivity contribution >= 4 is 41.0 Å². The van der Waals surface area contributed by atoms with Gasteiger partial charge >= 0.3 is 5.97 Å². The van der Waals surface area contributed by atoms with Crippen LogP contribution in [0.25, 0.3) is 0 Å². The molecule has 7 nitrogen and oxygen atoms in total. The number of halogens is 1. The summed E-state index contributed by atoms with van der Waals surface area (Å²) in [4.78, 5) is 52.5.